The van der Waals surface area contributed by atoms with Gasteiger partial charge in [0.2, 0.25) is 0 Å². The molecular weight excluding hydrogens is 218 g/mol. The maximum absolute atomic E-state index is 11.8. The molecule has 2 N–H and O–H groups in total. The molecule has 0 aliphatic rings. The Kier molecular flexibility index (Phi) is 5.42. The summed E-state index contributed by atoms with van der Waals surface area (Å²) in [4.78, 5) is 15.8. The van der Waals surface area contributed by atoms with Gasteiger partial charge >= 0.3 is 0 Å². The summed E-state index contributed by atoms with van der Waals surface area (Å²) in [6.45, 7) is 3.23. The minimum Gasteiger partial charge on any atom is -0.388 e. The standard InChI is InChI=1S/C12H19N3O2/c1-9(8-17-3)7-15-12(16)11-6-10(13-2)4-5-14-11/h4-6,9H,7-8H2,1-3H3,(H,13,14)(H,15,16). The van der Waals surface area contributed by atoms with Crippen LogP contribution >= 0.6 is 0 Å². The van der Waals surface area contributed by atoms with Gasteiger partial charge in [0.15, 0.2) is 0 Å². The second kappa shape index (κ2) is 6.85. The first-order valence-electron chi connectivity index (χ1n) is 5.58. The van der Waals surface area contributed by atoms with Crippen LogP contribution in [0.4, 0.5) is 5.69 Å². The fourth-order valence-electron chi connectivity index (χ4n) is 1.41. The Morgan fingerprint density at radius 1 is 1.59 bits per heavy atom. The lowest BCUT2D eigenvalue weighted by Gasteiger charge is -2.11. The highest BCUT2D eigenvalue weighted by molar-refractivity contribution is 5.93. The molecule has 1 aromatic heterocycles. The Morgan fingerprint density at radius 2 is 2.35 bits per heavy atom. The van der Waals surface area contributed by atoms with Crippen molar-refractivity contribution in [2.24, 2.45) is 5.92 Å². The van der Waals surface area contributed by atoms with Crippen LogP contribution in [0.1, 0.15) is 17.4 Å². The molecule has 0 spiro atoms. The molecule has 1 rings (SSSR count). The molecule has 0 radical (unpaired) electrons. The number of nitrogens with one attached hydrogen (secondary N) is 2. The van der Waals surface area contributed by atoms with E-state index in [1.165, 1.54) is 0 Å². The van der Waals surface area contributed by atoms with Gasteiger partial charge in [-0.05, 0) is 18.1 Å². The normalized spacial score (nSPS) is 11.9. The van der Waals surface area contributed by atoms with Crippen LogP contribution in [0, 0.1) is 5.92 Å². The van der Waals surface area contributed by atoms with Crippen LogP contribution in [-0.2, 0) is 4.74 Å². The van der Waals surface area contributed by atoms with Crippen molar-refractivity contribution in [1.82, 2.24) is 10.3 Å². The lowest BCUT2D eigenvalue weighted by atomic mass is 10.2. The first-order valence-corrected chi connectivity index (χ1v) is 5.58. The molecule has 1 heterocycles. The van der Waals surface area contributed by atoms with Crippen LogP contribution in [0.5, 0.6) is 0 Å². The topological polar surface area (TPSA) is 63.2 Å². The molecule has 5 heteroatoms. The lowest BCUT2D eigenvalue weighted by molar-refractivity contribution is 0.0929. The number of carbonyl (C=O) groups is 1. The third kappa shape index (κ3) is 4.40. The third-order valence-corrected chi connectivity index (χ3v) is 2.34. The molecule has 1 aromatic rings. The zero-order valence-electron chi connectivity index (χ0n) is 10.5. The third-order valence-electron chi connectivity index (χ3n) is 2.34. The SMILES string of the molecule is CNc1ccnc(C(=O)NCC(C)COC)c1. The van der Waals surface area contributed by atoms with Crippen molar-refractivity contribution in [2.75, 3.05) is 32.6 Å². The van der Waals surface area contributed by atoms with E-state index < -0.39 is 0 Å². The zero-order chi connectivity index (χ0) is 12.7. The van der Waals surface area contributed by atoms with E-state index in [0.717, 1.165) is 5.69 Å². The summed E-state index contributed by atoms with van der Waals surface area (Å²) in [6.07, 6.45) is 1.61. The fourth-order valence-corrected chi connectivity index (χ4v) is 1.41. The predicted octanol–water partition coefficient (Wildman–Crippen LogP) is 1.14. The number of hydrogen-bond donors (Lipinski definition) is 2. The molecule has 17 heavy (non-hydrogen) atoms. The van der Waals surface area contributed by atoms with Crippen LogP contribution < -0.4 is 10.6 Å². The van der Waals surface area contributed by atoms with E-state index in [1.54, 1.807) is 26.4 Å². The lowest BCUT2D eigenvalue weighted by Crippen LogP contribution is -2.30. The molecule has 0 saturated heterocycles. The van der Waals surface area contributed by atoms with Gasteiger partial charge in [0, 0.05) is 32.6 Å². The number of ether oxygens (including phenoxy) is 1. The summed E-state index contributed by atoms with van der Waals surface area (Å²) in [6, 6.07) is 3.53. The molecule has 0 aliphatic heterocycles. The van der Waals surface area contributed by atoms with E-state index in [1.807, 2.05) is 13.0 Å². The summed E-state index contributed by atoms with van der Waals surface area (Å²) in [5.41, 5.74) is 1.29. The second-order valence-corrected chi connectivity index (χ2v) is 3.95. The van der Waals surface area contributed by atoms with Crippen molar-refractivity contribution in [2.45, 2.75) is 6.92 Å². The van der Waals surface area contributed by atoms with Crippen LogP contribution in [0.15, 0.2) is 18.3 Å². The van der Waals surface area contributed by atoms with Gasteiger partial charge in [0.1, 0.15) is 5.69 Å². The van der Waals surface area contributed by atoms with Gasteiger partial charge in [-0.2, -0.15) is 0 Å². The quantitative estimate of drug-likeness (QED) is 0.778. The molecular formula is C12H19N3O2. The molecule has 0 aromatic carbocycles. The Morgan fingerprint density at radius 3 is 3.00 bits per heavy atom. The van der Waals surface area contributed by atoms with Gasteiger partial charge in [0.25, 0.3) is 5.91 Å². The van der Waals surface area contributed by atoms with Crippen LogP contribution in [0.25, 0.3) is 0 Å². The molecule has 1 amide bonds. The van der Waals surface area contributed by atoms with Crippen LogP contribution in [0.3, 0.4) is 0 Å². The highest BCUT2D eigenvalue weighted by atomic mass is 16.5. The average Bonchev–Trinajstić information content (AvgIpc) is 2.36. The van der Waals surface area contributed by atoms with Gasteiger partial charge < -0.3 is 15.4 Å². The Bertz CT molecular complexity index is 369. The monoisotopic (exact) mass is 237 g/mol. The number of rotatable bonds is 6. The van der Waals surface area contributed by atoms with Gasteiger partial charge in [-0.25, -0.2) is 0 Å². The highest BCUT2D eigenvalue weighted by Gasteiger charge is 2.09. The predicted molar refractivity (Wildman–Crippen MR) is 67.2 cm³/mol. The van der Waals surface area contributed by atoms with Gasteiger partial charge in [-0.1, -0.05) is 6.92 Å². The van der Waals surface area contributed by atoms with Gasteiger partial charge in [-0.15, -0.1) is 0 Å². The van der Waals surface area contributed by atoms with Crippen LogP contribution in [-0.4, -0.2) is 38.2 Å². The van der Waals surface area contributed by atoms with Crippen molar-refractivity contribution in [3.63, 3.8) is 0 Å². The summed E-state index contributed by atoms with van der Waals surface area (Å²) in [5, 5.41) is 5.79. The molecule has 0 aliphatic carbocycles. The summed E-state index contributed by atoms with van der Waals surface area (Å²) < 4.78 is 5.00. The van der Waals surface area contributed by atoms with Crippen molar-refractivity contribution >= 4 is 11.6 Å². The number of amides is 1. The van der Waals surface area contributed by atoms with E-state index in [2.05, 4.69) is 15.6 Å². The number of hydrogen-bond acceptors (Lipinski definition) is 4. The van der Waals surface area contributed by atoms with Crippen molar-refractivity contribution < 1.29 is 9.53 Å². The van der Waals surface area contributed by atoms with E-state index in [-0.39, 0.29) is 11.8 Å². The minimum atomic E-state index is -0.162. The maximum atomic E-state index is 11.8. The summed E-state index contributed by atoms with van der Waals surface area (Å²) >= 11 is 0. The zero-order valence-corrected chi connectivity index (χ0v) is 10.5. The second-order valence-electron chi connectivity index (χ2n) is 3.95. The minimum absolute atomic E-state index is 0.162. The van der Waals surface area contributed by atoms with E-state index >= 15 is 0 Å². The summed E-state index contributed by atoms with van der Waals surface area (Å²) in [5.74, 6) is 0.126. The molecule has 1 unspecified atom stereocenters. The van der Waals surface area contributed by atoms with Gasteiger partial charge in [0.05, 0.1) is 6.61 Å². The van der Waals surface area contributed by atoms with E-state index in [0.29, 0.717) is 18.8 Å². The summed E-state index contributed by atoms with van der Waals surface area (Å²) in [7, 11) is 3.45. The number of nitrogens with zero attached hydrogens (tertiary/aromatic N) is 1. The number of aromatic nitrogens is 1. The largest absolute Gasteiger partial charge is 0.388 e. The van der Waals surface area contributed by atoms with E-state index in [4.69, 9.17) is 4.74 Å². The number of methoxy groups -OCH3 is 1. The molecule has 0 fully saturated rings. The number of anilines is 1. The Balaban J connectivity index is 2.51. The first kappa shape index (κ1) is 13.4. The smallest absolute Gasteiger partial charge is 0.269 e. The Labute approximate surface area is 102 Å². The van der Waals surface area contributed by atoms with Crippen molar-refractivity contribution in [3.8, 4) is 0 Å². The Hall–Kier alpha value is -1.62. The molecule has 1 atom stereocenters. The highest BCUT2D eigenvalue weighted by Crippen LogP contribution is 2.06. The first-order chi connectivity index (χ1) is 8.17. The average molecular weight is 237 g/mol. The molecule has 5 nitrogen and oxygen atoms in total. The number of pyridine rings is 1. The molecule has 0 saturated carbocycles. The maximum Gasteiger partial charge on any atom is 0.269 e. The van der Waals surface area contributed by atoms with Crippen molar-refractivity contribution in [3.05, 3.63) is 24.0 Å². The number of carbonyl (C=O) groups excluding carboxylic acids is 1. The van der Waals surface area contributed by atoms with E-state index in [9.17, 15) is 4.79 Å². The van der Waals surface area contributed by atoms with Gasteiger partial charge in [-0.3, -0.25) is 9.78 Å². The molecule has 94 valence electrons. The van der Waals surface area contributed by atoms with Crippen LogP contribution in [0.2, 0.25) is 0 Å². The fraction of sp³-hybridized carbons (Fsp3) is 0.500. The van der Waals surface area contributed by atoms with Crippen molar-refractivity contribution in [1.29, 1.82) is 0 Å². The molecule has 0 bridgehead atoms.